The molecule has 0 bridgehead atoms. The van der Waals surface area contributed by atoms with Gasteiger partial charge in [0.25, 0.3) is 5.91 Å². The molecule has 8 heteroatoms. The third-order valence-corrected chi connectivity index (χ3v) is 5.34. The first kappa shape index (κ1) is 19.4. The van der Waals surface area contributed by atoms with Crippen molar-refractivity contribution in [3.63, 3.8) is 0 Å². The van der Waals surface area contributed by atoms with E-state index in [2.05, 4.69) is 30.4 Å². The topological polar surface area (TPSA) is 84.7 Å². The largest absolute Gasteiger partial charge is 0.378 e. The van der Waals surface area contributed by atoms with Crippen molar-refractivity contribution in [1.82, 2.24) is 25.1 Å². The second kappa shape index (κ2) is 9.05. The predicted octanol–water partition coefficient (Wildman–Crippen LogP) is 3.60. The Bertz CT molecular complexity index is 988. The van der Waals surface area contributed by atoms with Crippen LogP contribution < -0.4 is 10.6 Å². The SMILES string of the molecule is O=C(NCc1nnc2n1CCCCC2)c1ccc(Cl)c(NCc2ccccn2)c1. The summed E-state index contributed by atoms with van der Waals surface area (Å²) in [7, 11) is 0. The van der Waals surface area contributed by atoms with Gasteiger partial charge >= 0.3 is 0 Å². The fourth-order valence-electron chi connectivity index (χ4n) is 3.43. The van der Waals surface area contributed by atoms with Crippen LogP contribution in [0.2, 0.25) is 5.02 Å². The number of aryl methyl sites for hydroxylation is 1. The quantitative estimate of drug-likeness (QED) is 0.648. The molecule has 1 aliphatic rings. The van der Waals surface area contributed by atoms with Crippen molar-refractivity contribution in [2.45, 2.75) is 45.3 Å². The van der Waals surface area contributed by atoms with Gasteiger partial charge < -0.3 is 15.2 Å². The molecular weight excluding hydrogens is 388 g/mol. The molecule has 3 aromatic rings. The maximum atomic E-state index is 12.7. The Kier molecular flexibility index (Phi) is 6.05. The van der Waals surface area contributed by atoms with Crippen molar-refractivity contribution in [2.24, 2.45) is 0 Å². The van der Waals surface area contributed by atoms with Crippen molar-refractivity contribution in [3.05, 3.63) is 70.5 Å². The van der Waals surface area contributed by atoms with Crippen LogP contribution in [0.4, 0.5) is 5.69 Å². The number of aromatic nitrogens is 4. The van der Waals surface area contributed by atoms with Crippen LogP contribution in [0.1, 0.15) is 47.0 Å². The van der Waals surface area contributed by atoms with Gasteiger partial charge in [0.05, 0.1) is 29.5 Å². The van der Waals surface area contributed by atoms with Crippen LogP contribution >= 0.6 is 11.6 Å². The summed E-state index contributed by atoms with van der Waals surface area (Å²) in [4.78, 5) is 16.9. The number of hydrogen-bond acceptors (Lipinski definition) is 5. The summed E-state index contributed by atoms with van der Waals surface area (Å²) in [6.07, 6.45) is 6.16. The molecule has 0 radical (unpaired) electrons. The number of carbonyl (C=O) groups is 1. The maximum absolute atomic E-state index is 12.7. The van der Waals surface area contributed by atoms with Gasteiger partial charge in [-0.15, -0.1) is 10.2 Å². The van der Waals surface area contributed by atoms with Crippen molar-refractivity contribution < 1.29 is 4.79 Å². The van der Waals surface area contributed by atoms with Gasteiger partial charge in [0, 0.05) is 24.7 Å². The van der Waals surface area contributed by atoms with Crippen LogP contribution in [-0.2, 0) is 26.1 Å². The molecule has 29 heavy (non-hydrogen) atoms. The second-order valence-electron chi connectivity index (χ2n) is 7.05. The fraction of sp³-hybridized carbons (Fsp3) is 0.333. The Labute approximate surface area is 174 Å². The van der Waals surface area contributed by atoms with E-state index in [4.69, 9.17) is 11.6 Å². The lowest BCUT2D eigenvalue weighted by Gasteiger charge is -2.11. The first-order valence-electron chi connectivity index (χ1n) is 9.83. The number of halogens is 1. The normalized spacial score (nSPS) is 13.4. The number of anilines is 1. The number of rotatable bonds is 6. The molecule has 0 spiro atoms. The van der Waals surface area contributed by atoms with Gasteiger partial charge in [-0.05, 0) is 43.2 Å². The van der Waals surface area contributed by atoms with Crippen LogP contribution in [0.15, 0.2) is 42.6 Å². The Balaban J connectivity index is 1.40. The zero-order chi connectivity index (χ0) is 20.1. The van der Waals surface area contributed by atoms with Gasteiger partial charge in [-0.3, -0.25) is 9.78 Å². The van der Waals surface area contributed by atoms with Gasteiger partial charge in [0.1, 0.15) is 5.82 Å². The predicted molar refractivity (Wildman–Crippen MR) is 112 cm³/mol. The number of benzene rings is 1. The molecule has 0 saturated heterocycles. The highest BCUT2D eigenvalue weighted by molar-refractivity contribution is 6.33. The smallest absolute Gasteiger partial charge is 0.251 e. The zero-order valence-electron chi connectivity index (χ0n) is 16.1. The van der Waals surface area contributed by atoms with Crippen molar-refractivity contribution in [2.75, 3.05) is 5.32 Å². The zero-order valence-corrected chi connectivity index (χ0v) is 16.8. The maximum Gasteiger partial charge on any atom is 0.251 e. The number of nitrogens with one attached hydrogen (secondary N) is 2. The minimum atomic E-state index is -0.173. The number of pyridine rings is 1. The van der Waals surface area contributed by atoms with Gasteiger partial charge in [-0.1, -0.05) is 24.1 Å². The molecule has 0 aliphatic carbocycles. The van der Waals surface area contributed by atoms with Crippen LogP contribution in [0.3, 0.4) is 0 Å². The highest BCUT2D eigenvalue weighted by Crippen LogP contribution is 2.23. The van der Waals surface area contributed by atoms with E-state index in [0.717, 1.165) is 43.1 Å². The number of amides is 1. The van der Waals surface area contributed by atoms with E-state index in [1.54, 1.807) is 24.4 Å². The molecule has 1 aliphatic heterocycles. The first-order valence-corrected chi connectivity index (χ1v) is 10.2. The second-order valence-corrected chi connectivity index (χ2v) is 7.45. The minimum absolute atomic E-state index is 0.173. The van der Waals surface area contributed by atoms with E-state index >= 15 is 0 Å². The summed E-state index contributed by atoms with van der Waals surface area (Å²) < 4.78 is 2.13. The lowest BCUT2D eigenvalue weighted by molar-refractivity contribution is 0.0949. The van der Waals surface area contributed by atoms with Crippen LogP contribution in [0.5, 0.6) is 0 Å². The highest BCUT2D eigenvalue weighted by atomic mass is 35.5. The summed E-state index contributed by atoms with van der Waals surface area (Å²) in [6, 6.07) is 10.9. The average Bonchev–Trinajstić information content (AvgIpc) is 2.98. The molecule has 1 aromatic carbocycles. The van der Waals surface area contributed by atoms with E-state index in [0.29, 0.717) is 29.4 Å². The van der Waals surface area contributed by atoms with E-state index < -0.39 is 0 Å². The molecule has 150 valence electrons. The molecule has 2 aromatic heterocycles. The molecule has 0 atom stereocenters. The van der Waals surface area contributed by atoms with E-state index in [9.17, 15) is 4.79 Å². The molecule has 0 unspecified atom stereocenters. The standard InChI is InChI=1S/C21H23ClN6O/c22-17-9-8-15(12-18(17)24-13-16-6-3-4-10-23-16)21(29)25-14-20-27-26-19-7-2-1-5-11-28(19)20/h3-4,6,8-10,12,24H,1-2,5,7,11,13-14H2,(H,25,29). The number of hydrogen-bond donors (Lipinski definition) is 2. The van der Waals surface area contributed by atoms with Crippen LogP contribution in [0.25, 0.3) is 0 Å². The van der Waals surface area contributed by atoms with Crippen molar-refractivity contribution in [3.8, 4) is 0 Å². The van der Waals surface area contributed by atoms with Gasteiger partial charge in [-0.2, -0.15) is 0 Å². The highest BCUT2D eigenvalue weighted by Gasteiger charge is 2.16. The summed E-state index contributed by atoms with van der Waals surface area (Å²) in [5.74, 6) is 1.64. The first-order chi connectivity index (χ1) is 14.2. The summed E-state index contributed by atoms with van der Waals surface area (Å²) in [5.41, 5.74) is 2.13. The molecule has 0 fully saturated rings. The fourth-order valence-corrected chi connectivity index (χ4v) is 3.61. The monoisotopic (exact) mass is 410 g/mol. The molecule has 7 nitrogen and oxygen atoms in total. The molecule has 0 saturated carbocycles. The summed E-state index contributed by atoms with van der Waals surface area (Å²) >= 11 is 6.28. The van der Waals surface area contributed by atoms with Gasteiger partial charge in [-0.25, -0.2) is 0 Å². The number of fused-ring (bicyclic) bond motifs is 1. The average molecular weight is 411 g/mol. The summed E-state index contributed by atoms with van der Waals surface area (Å²) in [6.45, 7) is 1.79. The minimum Gasteiger partial charge on any atom is -0.378 e. The lowest BCUT2D eigenvalue weighted by Crippen LogP contribution is -2.25. The van der Waals surface area contributed by atoms with E-state index in [1.807, 2.05) is 18.2 Å². The van der Waals surface area contributed by atoms with Crippen molar-refractivity contribution in [1.29, 1.82) is 0 Å². The van der Waals surface area contributed by atoms with Gasteiger partial charge in [0.2, 0.25) is 0 Å². The Morgan fingerprint density at radius 2 is 2.03 bits per heavy atom. The third-order valence-electron chi connectivity index (χ3n) is 5.01. The third kappa shape index (κ3) is 4.74. The Morgan fingerprint density at radius 1 is 1.10 bits per heavy atom. The number of nitrogens with zero attached hydrogens (tertiary/aromatic N) is 4. The van der Waals surface area contributed by atoms with Crippen LogP contribution in [0, 0.1) is 0 Å². The summed E-state index contributed by atoms with van der Waals surface area (Å²) in [5, 5.41) is 15.3. The molecule has 2 N–H and O–H groups in total. The molecule has 4 rings (SSSR count). The van der Waals surface area contributed by atoms with E-state index in [-0.39, 0.29) is 5.91 Å². The molecule has 3 heterocycles. The van der Waals surface area contributed by atoms with Gasteiger partial charge in [0.15, 0.2) is 5.82 Å². The Hall–Kier alpha value is -2.93. The van der Waals surface area contributed by atoms with Crippen LogP contribution in [-0.4, -0.2) is 25.7 Å². The Morgan fingerprint density at radius 3 is 2.90 bits per heavy atom. The molecular formula is C21H23ClN6O. The molecule has 1 amide bonds. The van der Waals surface area contributed by atoms with Crippen molar-refractivity contribution >= 4 is 23.2 Å². The van der Waals surface area contributed by atoms with E-state index in [1.165, 1.54) is 6.42 Å². The number of carbonyl (C=O) groups excluding carboxylic acids is 1. The lowest BCUT2D eigenvalue weighted by atomic mass is 10.2.